The van der Waals surface area contributed by atoms with Crippen LogP contribution in [-0.4, -0.2) is 44.0 Å². The number of carbonyl (C=O) groups excluding carboxylic acids is 2. The lowest BCUT2D eigenvalue weighted by molar-refractivity contribution is -0.142. The van der Waals surface area contributed by atoms with Gasteiger partial charge in [0.25, 0.3) is 0 Å². The van der Waals surface area contributed by atoms with E-state index >= 15 is 0 Å². The second-order valence-corrected chi connectivity index (χ2v) is 7.62. The standard InChI is InChI=1S/C18H24BrNO6/c1-18(2,3)26-17(22)20-5-4-6-25-16(21)10-12-9-14-15(11-13(12)19)24-8-7-23-14/h9,11H,4-8,10H2,1-3H3,(H,20,22). The summed E-state index contributed by atoms with van der Waals surface area (Å²) in [4.78, 5) is 23.5. The van der Waals surface area contributed by atoms with Gasteiger partial charge in [-0.05, 0) is 44.9 Å². The second-order valence-electron chi connectivity index (χ2n) is 6.77. The Hall–Kier alpha value is -1.96. The smallest absolute Gasteiger partial charge is 0.407 e. The Kier molecular flexibility index (Phi) is 7.14. The fourth-order valence-electron chi connectivity index (χ4n) is 2.21. The molecule has 0 fully saturated rings. The first kappa shape index (κ1) is 20.4. The molecule has 8 heteroatoms. The highest BCUT2D eigenvalue weighted by Gasteiger charge is 2.17. The lowest BCUT2D eigenvalue weighted by Crippen LogP contribution is -2.33. The van der Waals surface area contributed by atoms with E-state index in [2.05, 4.69) is 21.2 Å². The van der Waals surface area contributed by atoms with Gasteiger partial charge in [-0.1, -0.05) is 15.9 Å². The zero-order chi connectivity index (χ0) is 19.2. The first-order valence-corrected chi connectivity index (χ1v) is 9.24. The molecular weight excluding hydrogens is 406 g/mol. The Labute approximate surface area is 161 Å². The first-order chi connectivity index (χ1) is 12.2. The van der Waals surface area contributed by atoms with Crippen LogP contribution in [0.4, 0.5) is 4.79 Å². The van der Waals surface area contributed by atoms with Gasteiger partial charge in [0, 0.05) is 11.0 Å². The number of nitrogens with one attached hydrogen (secondary N) is 1. The summed E-state index contributed by atoms with van der Waals surface area (Å²) in [5.74, 6) is 0.942. The minimum atomic E-state index is -0.534. The van der Waals surface area contributed by atoms with Crippen molar-refractivity contribution in [1.29, 1.82) is 0 Å². The molecule has 1 heterocycles. The predicted octanol–water partition coefficient (Wildman–Crippen LogP) is 3.22. The summed E-state index contributed by atoms with van der Waals surface area (Å²) in [6, 6.07) is 3.58. The van der Waals surface area contributed by atoms with Crippen molar-refractivity contribution in [3.05, 3.63) is 22.2 Å². The lowest BCUT2D eigenvalue weighted by Gasteiger charge is -2.20. The van der Waals surface area contributed by atoms with Gasteiger partial charge in [0.15, 0.2) is 11.5 Å². The molecule has 26 heavy (non-hydrogen) atoms. The van der Waals surface area contributed by atoms with E-state index in [4.69, 9.17) is 18.9 Å². The number of benzene rings is 1. The molecule has 0 spiro atoms. The van der Waals surface area contributed by atoms with Crippen LogP contribution in [0.3, 0.4) is 0 Å². The van der Waals surface area contributed by atoms with E-state index in [0.717, 1.165) is 10.0 Å². The third kappa shape index (κ3) is 6.74. The number of amides is 1. The number of hydrogen-bond donors (Lipinski definition) is 1. The molecule has 0 atom stereocenters. The van der Waals surface area contributed by atoms with Crippen LogP contribution < -0.4 is 14.8 Å². The number of ether oxygens (including phenoxy) is 4. The minimum absolute atomic E-state index is 0.122. The average molecular weight is 430 g/mol. The summed E-state index contributed by atoms with van der Waals surface area (Å²) in [6.45, 7) is 6.98. The molecule has 1 N–H and O–H groups in total. The molecule has 1 amide bonds. The SMILES string of the molecule is CC(C)(C)OC(=O)NCCCOC(=O)Cc1cc2c(cc1Br)OCCO2. The molecule has 144 valence electrons. The summed E-state index contributed by atoms with van der Waals surface area (Å²) in [5.41, 5.74) is 0.235. The van der Waals surface area contributed by atoms with Gasteiger partial charge in [-0.2, -0.15) is 0 Å². The number of halogens is 1. The van der Waals surface area contributed by atoms with Crippen LogP contribution >= 0.6 is 15.9 Å². The average Bonchev–Trinajstić information content (AvgIpc) is 2.53. The Balaban J connectivity index is 1.70. The van der Waals surface area contributed by atoms with Crippen LogP contribution in [0.25, 0.3) is 0 Å². The fourth-order valence-corrected chi connectivity index (χ4v) is 2.67. The van der Waals surface area contributed by atoms with Crippen molar-refractivity contribution in [3.8, 4) is 11.5 Å². The van der Waals surface area contributed by atoms with Crippen molar-refractivity contribution < 1.29 is 28.5 Å². The molecule has 0 bridgehead atoms. The second kappa shape index (κ2) is 9.12. The largest absolute Gasteiger partial charge is 0.486 e. The minimum Gasteiger partial charge on any atom is -0.486 e. The van der Waals surface area contributed by atoms with Crippen molar-refractivity contribution >= 4 is 28.0 Å². The van der Waals surface area contributed by atoms with Crippen LogP contribution in [0, 0.1) is 0 Å². The van der Waals surface area contributed by atoms with Gasteiger partial charge in [-0.3, -0.25) is 4.79 Å². The Morgan fingerprint density at radius 1 is 1.19 bits per heavy atom. The van der Waals surface area contributed by atoms with Gasteiger partial charge in [-0.25, -0.2) is 4.79 Å². The summed E-state index contributed by atoms with van der Waals surface area (Å²) < 4.78 is 22.1. The maximum absolute atomic E-state index is 12.0. The van der Waals surface area contributed by atoms with Gasteiger partial charge in [0.2, 0.25) is 0 Å². The maximum Gasteiger partial charge on any atom is 0.407 e. The van der Waals surface area contributed by atoms with Crippen molar-refractivity contribution in [3.63, 3.8) is 0 Å². The summed E-state index contributed by atoms with van der Waals surface area (Å²) in [7, 11) is 0. The molecular formula is C18H24BrNO6. The highest BCUT2D eigenvalue weighted by atomic mass is 79.9. The number of fused-ring (bicyclic) bond motifs is 1. The van der Waals surface area contributed by atoms with Crippen molar-refractivity contribution in [1.82, 2.24) is 5.32 Å². The number of rotatable bonds is 6. The van der Waals surface area contributed by atoms with Crippen LogP contribution in [0.1, 0.15) is 32.8 Å². The van der Waals surface area contributed by atoms with Crippen molar-refractivity contribution in [2.75, 3.05) is 26.4 Å². The Morgan fingerprint density at radius 3 is 2.50 bits per heavy atom. The molecule has 0 radical (unpaired) electrons. The summed E-state index contributed by atoms with van der Waals surface area (Å²) in [6.07, 6.45) is 0.147. The van der Waals surface area contributed by atoms with Gasteiger partial charge >= 0.3 is 12.1 Å². The molecule has 1 aromatic rings. The maximum atomic E-state index is 12.0. The normalized spacial score (nSPS) is 13.1. The van der Waals surface area contributed by atoms with Gasteiger partial charge in [0.05, 0.1) is 13.0 Å². The van der Waals surface area contributed by atoms with Gasteiger partial charge in [0.1, 0.15) is 18.8 Å². The number of esters is 1. The van der Waals surface area contributed by atoms with Gasteiger partial charge < -0.3 is 24.3 Å². The molecule has 2 rings (SSSR count). The Bertz CT molecular complexity index is 656. The third-order valence-electron chi connectivity index (χ3n) is 3.30. The number of alkyl carbamates (subject to hydrolysis) is 1. The van der Waals surface area contributed by atoms with E-state index in [1.165, 1.54) is 0 Å². The third-order valence-corrected chi connectivity index (χ3v) is 4.04. The van der Waals surface area contributed by atoms with Crippen LogP contribution in [0.15, 0.2) is 16.6 Å². The molecule has 0 aromatic heterocycles. The number of carbonyl (C=O) groups is 2. The van der Waals surface area contributed by atoms with E-state index in [9.17, 15) is 9.59 Å². The molecule has 1 aliphatic heterocycles. The first-order valence-electron chi connectivity index (χ1n) is 8.45. The van der Waals surface area contributed by atoms with Crippen molar-refractivity contribution in [2.24, 2.45) is 0 Å². The lowest BCUT2D eigenvalue weighted by atomic mass is 10.1. The van der Waals surface area contributed by atoms with E-state index in [1.807, 2.05) is 0 Å². The monoisotopic (exact) mass is 429 g/mol. The quantitative estimate of drug-likeness (QED) is 0.551. The molecule has 0 aliphatic carbocycles. The van der Waals surface area contributed by atoms with E-state index < -0.39 is 11.7 Å². The molecule has 0 unspecified atom stereocenters. The topological polar surface area (TPSA) is 83.1 Å². The Morgan fingerprint density at radius 2 is 1.85 bits per heavy atom. The van der Waals surface area contributed by atoms with E-state index in [1.54, 1.807) is 32.9 Å². The zero-order valence-corrected chi connectivity index (χ0v) is 16.8. The van der Waals surface area contributed by atoms with E-state index in [-0.39, 0.29) is 19.0 Å². The highest BCUT2D eigenvalue weighted by molar-refractivity contribution is 9.10. The van der Waals surface area contributed by atoms with Crippen LogP contribution in [0.5, 0.6) is 11.5 Å². The highest BCUT2D eigenvalue weighted by Crippen LogP contribution is 2.35. The number of hydrogen-bond acceptors (Lipinski definition) is 6. The molecule has 1 aliphatic rings. The van der Waals surface area contributed by atoms with E-state index in [0.29, 0.717) is 37.7 Å². The summed E-state index contributed by atoms with van der Waals surface area (Å²) >= 11 is 3.43. The molecule has 1 aromatic carbocycles. The van der Waals surface area contributed by atoms with Crippen molar-refractivity contribution in [2.45, 2.75) is 39.2 Å². The summed E-state index contributed by atoms with van der Waals surface area (Å²) in [5, 5.41) is 2.62. The zero-order valence-electron chi connectivity index (χ0n) is 15.2. The molecule has 0 saturated heterocycles. The molecule has 0 saturated carbocycles. The molecule has 7 nitrogen and oxygen atoms in total. The van der Waals surface area contributed by atoms with Crippen LogP contribution in [0.2, 0.25) is 0 Å². The van der Waals surface area contributed by atoms with Gasteiger partial charge in [-0.15, -0.1) is 0 Å². The fraction of sp³-hybridized carbons (Fsp3) is 0.556. The van der Waals surface area contributed by atoms with Crippen LogP contribution in [-0.2, 0) is 20.7 Å². The predicted molar refractivity (Wildman–Crippen MR) is 98.6 cm³/mol.